The van der Waals surface area contributed by atoms with Crippen LogP contribution < -0.4 is 24.7 Å². The van der Waals surface area contributed by atoms with Crippen molar-refractivity contribution in [3.63, 3.8) is 0 Å². The third-order valence-corrected chi connectivity index (χ3v) is 10.2. The molecule has 1 N–H and O–H groups in total. The van der Waals surface area contributed by atoms with Gasteiger partial charge in [-0.1, -0.05) is 23.7 Å². The van der Waals surface area contributed by atoms with Gasteiger partial charge in [-0.05, 0) is 68.3 Å². The van der Waals surface area contributed by atoms with Crippen molar-refractivity contribution in [3.05, 3.63) is 117 Å². The lowest BCUT2D eigenvalue weighted by Gasteiger charge is -2.26. The van der Waals surface area contributed by atoms with E-state index < -0.39 is 56.2 Å². The van der Waals surface area contributed by atoms with E-state index in [1.165, 1.54) is 44.1 Å². The molecule has 1 atom stereocenters. The zero-order chi connectivity index (χ0) is 41.6. The molecule has 18 heteroatoms. The molecule has 0 aliphatic rings. The molecule has 0 bridgehead atoms. The van der Waals surface area contributed by atoms with Crippen LogP contribution in [0.1, 0.15) is 43.8 Å². The van der Waals surface area contributed by atoms with Crippen molar-refractivity contribution in [3.8, 4) is 17.2 Å². The first-order valence-corrected chi connectivity index (χ1v) is 19.5. The molecule has 0 unspecified atom stereocenters. The normalized spacial score (nSPS) is 12.5. The topological polar surface area (TPSA) is 147 Å². The highest BCUT2D eigenvalue weighted by Gasteiger charge is 2.31. The number of nitrogens with zero attached hydrogens (tertiary/aromatic N) is 5. The highest BCUT2D eigenvalue weighted by atomic mass is 35.5. The fourth-order valence-corrected chi connectivity index (χ4v) is 7.46. The van der Waals surface area contributed by atoms with E-state index in [0.29, 0.717) is 17.4 Å². The molecule has 13 nitrogen and oxygen atoms in total. The van der Waals surface area contributed by atoms with Crippen LogP contribution in [0.4, 0.5) is 23.8 Å². The predicted octanol–water partition coefficient (Wildman–Crippen LogP) is 7.14. The molecule has 0 aliphatic heterocycles. The minimum absolute atomic E-state index is 0.000391. The smallest absolute Gasteiger partial charge is 0.408 e. The molecule has 1 amide bonds. The Kier molecular flexibility index (Phi) is 11.2. The maximum atomic E-state index is 15.9. The minimum atomic E-state index is -4.04. The van der Waals surface area contributed by atoms with Gasteiger partial charge >= 0.3 is 6.09 Å². The lowest BCUT2D eigenvalue weighted by Crippen LogP contribution is -2.39. The van der Waals surface area contributed by atoms with Crippen LogP contribution in [0.5, 0.6) is 11.5 Å². The molecule has 6 aromatic rings. The molecule has 0 radical (unpaired) electrons. The van der Waals surface area contributed by atoms with Crippen LogP contribution in [-0.2, 0) is 34.8 Å². The van der Waals surface area contributed by atoms with E-state index in [0.717, 1.165) is 33.3 Å². The van der Waals surface area contributed by atoms with Gasteiger partial charge in [0.25, 0.3) is 5.56 Å². The molecular weight excluding hydrogens is 789 g/mol. The number of hydrogen-bond donors (Lipinski definition) is 1. The van der Waals surface area contributed by atoms with Gasteiger partial charge in [0.1, 0.15) is 45.8 Å². The van der Waals surface area contributed by atoms with Crippen LogP contribution in [0, 0.1) is 17.5 Å². The van der Waals surface area contributed by atoms with Crippen molar-refractivity contribution in [2.45, 2.75) is 45.4 Å². The summed E-state index contributed by atoms with van der Waals surface area (Å²) in [4.78, 5) is 32.9. The number of carbonyl (C=O) groups excluding carboxylic acids is 1. The Balaban J connectivity index is 1.66. The summed E-state index contributed by atoms with van der Waals surface area (Å²) in [6, 6.07) is 13.3. The monoisotopic (exact) mass is 826 g/mol. The molecule has 300 valence electrons. The number of aryl methyl sites for hydroxylation is 1. The molecule has 57 heavy (non-hydrogen) atoms. The third kappa shape index (κ3) is 8.63. The third-order valence-electron chi connectivity index (χ3n) is 8.78. The van der Waals surface area contributed by atoms with Crippen molar-refractivity contribution in [1.82, 2.24) is 24.6 Å². The second-order valence-electron chi connectivity index (χ2n) is 14.1. The first-order chi connectivity index (χ1) is 26.8. The molecule has 0 saturated heterocycles. The maximum absolute atomic E-state index is 15.9. The standard InChI is InChI=1S/C39H38ClF3N6O7S/c1-39(2,3)56-38(51)45-30(16-22-14-23(41)17-24(42)15-22)35-44-29-19-26(55-6)18-28(43)33(29)37(50)49(35)31-13-12-27(40)32-34(31)47(4)46-36(32)48(57(7,52)53)20-21-8-10-25(54-5)11-9-21/h8-15,17-19,30H,16,20H2,1-7H3,(H,45,51)/t30-/m0/s1. The highest BCUT2D eigenvalue weighted by molar-refractivity contribution is 7.92. The molecule has 0 saturated carbocycles. The second kappa shape index (κ2) is 15.6. The summed E-state index contributed by atoms with van der Waals surface area (Å²) in [6.45, 7) is 4.71. The highest BCUT2D eigenvalue weighted by Crippen LogP contribution is 2.38. The summed E-state index contributed by atoms with van der Waals surface area (Å²) < 4.78 is 91.2. The minimum Gasteiger partial charge on any atom is -0.497 e. The average molecular weight is 827 g/mol. The van der Waals surface area contributed by atoms with E-state index in [2.05, 4.69) is 15.4 Å². The van der Waals surface area contributed by atoms with Crippen LogP contribution in [0.3, 0.4) is 0 Å². The van der Waals surface area contributed by atoms with Crippen molar-refractivity contribution >= 4 is 55.3 Å². The van der Waals surface area contributed by atoms with Crippen molar-refractivity contribution in [2.75, 3.05) is 24.8 Å². The lowest BCUT2D eigenvalue weighted by atomic mass is 10.0. The number of methoxy groups -OCH3 is 2. The number of sulfonamides is 1. The van der Waals surface area contributed by atoms with E-state index in [9.17, 15) is 26.8 Å². The average Bonchev–Trinajstić information content (AvgIpc) is 3.46. The SMILES string of the molecule is COc1ccc(CN(c2nn(C)c3c(-n4c([C@H](Cc5cc(F)cc(F)c5)NC(=O)OC(C)(C)C)nc5cc(OC)cc(F)c5c4=O)ccc(Cl)c23)S(C)(=O)=O)cc1. The maximum Gasteiger partial charge on any atom is 0.408 e. The summed E-state index contributed by atoms with van der Waals surface area (Å²) in [7, 11) is 0.254. The Morgan fingerprint density at radius 3 is 2.18 bits per heavy atom. The molecular formula is C39H38ClF3N6O7S. The summed E-state index contributed by atoms with van der Waals surface area (Å²) in [5, 5.41) is 6.94. The Bertz CT molecular complexity index is 2680. The Labute approximate surface area is 330 Å². The van der Waals surface area contributed by atoms with Crippen molar-refractivity contribution in [1.29, 1.82) is 0 Å². The Morgan fingerprint density at radius 1 is 0.930 bits per heavy atom. The number of halogens is 4. The molecule has 6 rings (SSSR count). The lowest BCUT2D eigenvalue weighted by molar-refractivity contribution is 0.0500. The van der Waals surface area contributed by atoms with Crippen LogP contribution in [-0.4, -0.2) is 59.9 Å². The number of nitrogens with one attached hydrogen (secondary N) is 1. The number of fused-ring (bicyclic) bond motifs is 2. The fourth-order valence-electron chi connectivity index (χ4n) is 6.40. The van der Waals surface area contributed by atoms with Gasteiger partial charge in [0.15, 0.2) is 5.82 Å². The summed E-state index contributed by atoms with van der Waals surface area (Å²) in [5.74, 6) is -2.50. The zero-order valence-corrected chi connectivity index (χ0v) is 33.4. The van der Waals surface area contributed by atoms with Gasteiger partial charge in [0, 0.05) is 31.7 Å². The van der Waals surface area contributed by atoms with Gasteiger partial charge in [-0.25, -0.2) is 35.7 Å². The molecule has 2 aromatic heterocycles. The summed E-state index contributed by atoms with van der Waals surface area (Å²) in [6.07, 6.45) is -0.298. The Morgan fingerprint density at radius 2 is 1.58 bits per heavy atom. The van der Waals surface area contributed by atoms with E-state index in [-0.39, 0.29) is 63.1 Å². The number of anilines is 1. The van der Waals surface area contributed by atoms with Crippen molar-refractivity contribution < 1.29 is 40.6 Å². The number of carbonyl (C=O) groups is 1. The molecule has 0 fully saturated rings. The largest absolute Gasteiger partial charge is 0.497 e. The van der Waals surface area contributed by atoms with Gasteiger partial charge < -0.3 is 19.5 Å². The van der Waals surface area contributed by atoms with Gasteiger partial charge in [0.2, 0.25) is 10.0 Å². The number of rotatable bonds is 11. The van der Waals surface area contributed by atoms with E-state index >= 15 is 4.39 Å². The second-order valence-corrected chi connectivity index (χ2v) is 16.5. The van der Waals surface area contributed by atoms with E-state index in [1.807, 2.05) is 0 Å². The number of alkyl carbamates (subject to hydrolysis) is 1. The molecule has 0 aliphatic carbocycles. The number of benzene rings is 4. The van der Waals surface area contributed by atoms with Gasteiger partial charge in [0.05, 0.1) is 60.2 Å². The number of hydrogen-bond acceptors (Lipinski definition) is 9. The summed E-state index contributed by atoms with van der Waals surface area (Å²) in [5.41, 5.74) is -1.34. The Hall–Kier alpha value is -5.81. The van der Waals surface area contributed by atoms with Gasteiger partial charge in [-0.3, -0.25) is 14.0 Å². The van der Waals surface area contributed by atoms with Crippen LogP contribution in [0.25, 0.3) is 27.5 Å². The quantitative estimate of drug-likeness (QED) is 0.144. The fraction of sp³-hybridized carbons (Fsp3) is 0.282. The molecule has 2 heterocycles. The first-order valence-electron chi connectivity index (χ1n) is 17.3. The summed E-state index contributed by atoms with van der Waals surface area (Å²) >= 11 is 6.82. The van der Waals surface area contributed by atoms with Crippen molar-refractivity contribution in [2.24, 2.45) is 7.05 Å². The number of ether oxygens (including phenoxy) is 3. The molecule has 0 spiro atoms. The molecule has 4 aromatic carbocycles. The zero-order valence-electron chi connectivity index (χ0n) is 31.9. The van der Waals surface area contributed by atoms with Crippen LogP contribution in [0.2, 0.25) is 5.02 Å². The van der Waals surface area contributed by atoms with Crippen LogP contribution >= 0.6 is 11.6 Å². The first kappa shape index (κ1) is 40.8. The van der Waals surface area contributed by atoms with Crippen LogP contribution in [0.15, 0.2) is 71.5 Å². The number of aromatic nitrogens is 4. The van der Waals surface area contributed by atoms with E-state index in [4.69, 9.17) is 25.8 Å². The predicted molar refractivity (Wildman–Crippen MR) is 209 cm³/mol. The van der Waals surface area contributed by atoms with Gasteiger partial charge in [-0.15, -0.1) is 0 Å². The van der Waals surface area contributed by atoms with Gasteiger partial charge in [-0.2, -0.15) is 5.10 Å². The van der Waals surface area contributed by atoms with E-state index in [1.54, 1.807) is 45.0 Å². The number of amides is 1.